The van der Waals surface area contributed by atoms with Gasteiger partial charge in [-0.05, 0) is 36.4 Å². The smallest absolute Gasteiger partial charge is 0.122 e. The van der Waals surface area contributed by atoms with Gasteiger partial charge in [0.15, 0.2) is 0 Å². The van der Waals surface area contributed by atoms with E-state index < -0.39 is 0 Å². The quantitative estimate of drug-likeness (QED) is 0.756. The van der Waals surface area contributed by atoms with Crippen LogP contribution in [0.2, 0.25) is 0 Å². The highest BCUT2D eigenvalue weighted by Crippen LogP contribution is 2.21. The Morgan fingerprint density at radius 1 is 0.583 bits per heavy atom. The number of para-hydroxylation sites is 2. The summed E-state index contributed by atoms with van der Waals surface area (Å²) >= 11 is 0. The molecule has 1 aromatic heterocycles. The zero-order valence-corrected chi connectivity index (χ0v) is 12.9. The fourth-order valence-corrected chi connectivity index (χ4v) is 2.21. The number of aromatic hydroxyl groups is 2. The second kappa shape index (κ2) is 7.24. The minimum atomic E-state index is 0.212. The van der Waals surface area contributed by atoms with Crippen molar-refractivity contribution in [3.63, 3.8) is 0 Å². The molecule has 0 fully saturated rings. The van der Waals surface area contributed by atoms with E-state index in [4.69, 9.17) is 0 Å². The molecule has 2 aromatic carbocycles. The molecule has 0 atom stereocenters. The molecular formula is C20H16N2O2. The Bertz CT molecular complexity index is 827. The molecular weight excluding hydrogens is 300 g/mol. The van der Waals surface area contributed by atoms with Crippen molar-refractivity contribution in [2.24, 2.45) is 0 Å². The van der Waals surface area contributed by atoms with Crippen molar-refractivity contribution in [1.29, 1.82) is 0 Å². The first-order valence-electron chi connectivity index (χ1n) is 7.47. The van der Waals surface area contributed by atoms with Crippen molar-refractivity contribution < 1.29 is 10.2 Å². The second-order valence-electron chi connectivity index (χ2n) is 5.11. The van der Waals surface area contributed by atoms with Crippen LogP contribution >= 0.6 is 0 Å². The summed E-state index contributed by atoms with van der Waals surface area (Å²) in [4.78, 5) is 8.63. The van der Waals surface area contributed by atoms with Crippen LogP contribution in [0.4, 0.5) is 0 Å². The van der Waals surface area contributed by atoms with E-state index in [0.29, 0.717) is 22.5 Å². The Balaban J connectivity index is 1.89. The van der Waals surface area contributed by atoms with Gasteiger partial charge >= 0.3 is 0 Å². The van der Waals surface area contributed by atoms with E-state index in [-0.39, 0.29) is 11.5 Å². The molecule has 3 aromatic rings. The molecule has 1 heterocycles. The van der Waals surface area contributed by atoms with E-state index >= 15 is 0 Å². The molecule has 0 amide bonds. The predicted octanol–water partition coefficient (Wildman–Crippen LogP) is 4.23. The molecule has 0 unspecified atom stereocenters. The van der Waals surface area contributed by atoms with Gasteiger partial charge in [-0.15, -0.1) is 0 Å². The molecule has 0 spiro atoms. The zero-order chi connectivity index (χ0) is 16.8. The minimum absolute atomic E-state index is 0.212. The Labute approximate surface area is 140 Å². The van der Waals surface area contributed by atoms with Crippen molar-refractivity contribution in [2.75, 3.05) is 0 Å². The number of phenols is 2. The summed E-state index contributed by atoms with van der Waals surface area (Å²) in [5, 5.41) is 19.6. The average molecular weight is 316 g/mol. The third kappa shape index (κ3) is 3.67. The molecule has 0 saturated carbocycles. The van der Waals surface area contributed by atoms with Crippen LogP contribution in [0, 0.1) is 0 Å². The summed E-state index contributed by atoms with van der Waals surface area (Å²) in [6.07, 6.45) is 10.4. The molecule has 24 heavy (non-hydrogen) atoms. The van der Waals surface area contributed by atoms with Gasteiger partial charge in [0.2, 0.25) is 0 Å². The molecule has 0 radical (unpaired) electrons. The molecule has 0 aliphatic rings. The van der Waals surface area contributed by atoms with Gasteiger partial charge in [0, 0.05) is 23.5 Å². The van der Waals surface area contributed by atoms with Crippen molar-refractivity contribution in [1.82, 2.24) is 9.97 Å². The molecule has 4 heteroatoms. The third-order valence-corrected chi connectivity index (χ3v) is 3.47. The van der Waals surface area contributed by atoms with E-state index in [2.05, 4.69) is 9.97 Å². The van der Waals surface area contributed by atoms with Gasteiger partial charge in [-0.2, -0.15) is 0 Å². The first kappa shape index (κ1) is 15.5. The monoisotopic (exact) mass is 316 g/mol. The lowest BCUT2D eigenvalue weighted by Crippen LogP contribution is -1.89. The van der Waals surface area contributed by atoms with Gasteiger partial charge in [-0.1, -0.05) is 36.4 Å². The second-order valence-corrected chi connectivity index (χ2v) is 5.11. The van der Waals surface area contributed by atoms with Gasteiger partial charge in [-0.3, -0.25) is 9.97 Å². The van der Waals surface area contributed by atoms with Crippen molar-refractivity contribution in [3.05, 3.63) is 83.4 Å². The van der Waals surface area contributed by atoms with Gasteiger partial charge < -0.3 is 10.2 Å². The molecule has 0 aliphatic heterocycles. The first-order valence-corrected chi connectivity index (χ1v) is 7.47. The molecule has 118 valence electrons. The lowest BCUT2D eigenvalue weighted by Gasteiger charge is -2.01. The largest absolute Gasteiger partial charge is 0.507 e. The standard InChI is InChI=1S/C20H16N2O2/c23-19-7-3-1-5-15(19)9-11-17-18(22-14-13-21-17)12-10-16-6-2-4-8-20(16)24/h1-14,23-24H/b11-9+,12-10+. The van der Waals surface area contributed by atoms with E-state index in [1.54, 1.807) is 61.0 Å². The number of nitrogens with zero attached hydrogens (tertiary/aromatic N) is 2. The van der Waals surface area contributed by atoms with E-state index in [0.717, 1.165) is 0 Å². The lowest BCUT2D eigenvalue weighted by molar-refractivity contribution is 0.473. The van der Waals surface area contributed by atoms with Gasteiger partial charge in [0.05, 0.1) is 11.4 Å². The predicted molar refractivity (Wildman–Crippen MR) is 96.1 cm³/mol. The minimum Gasteiger partial charge on any atom is -0.507 e. The van der Waals surface area contributed by atoms with Gasteiger partial charge in [0.25, 0.3) is 0 Å². The molecule has 2 N–H and O–H groups in total. The van der Waals surface area contributed by atoms with Crippen LogP contribution in [0.1, 0.15) is 22.5 Å². The number of aromatic nitrogens is 2. The summed E-state index contributed by atoms with van der Waals surface area (Å²) in [5.41, 5.74) is 2.76. The summed E-state index contributed by atoms with van der Waals surface area (Å²) in [7, 11) is 0. The molecule has 3 rings (SSSR count). The van der Waals surface area contributed by atoms with E-state index in [1.807, 2.05) is 24.3 Å². The van der Waals surface area contributed by atoms with Crippen LogP contribution in [-0.2, 0) is 0 Å². The zero-order valence-electron chi connectivity index (χ0n) is 12.9. The fraction of sp³-hybridized carbons (Fsp3) is 0. The average Bonchev–Trinajstić information content (AvgIpc) is 2.61. The lowest BCUT2D eigenvalue weighted by atomic mass is 10.1. The molecule has 0 bridgehead atoms. The van der Waals surface area contributed by atoms with Crippen LogP contribution < -0.4 is 0 Å². The highest BCUT2D eigenvalue weighted by atomic mass is 16.3. The summed E-state index contributed by atoms with van der Waals surface area (Å²) in [5.74, 6) is 0.424. The third-order valence-electron chi connectivity index (χ3n) is 3.47. The normalized spacial score (nSPS) is 11.3. The molecule has 0 saturated heterocycles. The maximum atomic E-state index is 9.81. The summed E-state index contributed by atoms with van der Waals surface area (Å²) in [6.45, 7) is 0. The van der Waals surface area contributed by atoms with Crippen LogP contribution in [0.3, 0.4) is 0 Å². The van der Waals surface area contributed by atoms with E-state index in [9.17, 15) is 10.2 Å². The van der Waals surface area contributed by atoms with Crippen LogP contribution in [0.5, 0.6) is 11.5 Å². The summed E-state index contributed by atoms with van der Waals surface area (Å²) < 4.78 is 0. The van der Waals surface area contributed by atoms with Crippen molar-refractivity contribution >= 4 is 24.3 Å². The first-order chi connectivity index (χ1) is 11.7. The SMILES string of the molecule is Oc1ccccc1/C=C/c1nccnc1/C=C/c1ccccc1O. The number of benzene rings is 2. The fourth-order valence-electron chi connectivity index (χ4n) is 2.21. The maximum Gasteiger partial charge on any atom is 0.122 e. The Kier molecular flexibility index (Phi) is 4.68. The van der Waals surface area contributed by atoms with Crippen molar-refractivity contribution in [2.45, 2.75) is 0 Å². The molecule has 0 aliphatic carbocycles. The Morgan fingerprint density at radius 2 is 1.00 bits per heavy atom. The number of hydrogen-bond acceptors (Lipinski definition) is 4. The Hall–Kier alpha value is -3.40. The number of rotatable bonds is 4. The van der Waals surface area contributed by atoms with Crippen LogP contribution in [0.25, 0.3) is 24.3 Å². The Morgan fingerprint density at radius 3 is 1.42 bits per heavy atom. The van der Waals surface area contributed by atoms with E-state index in [1.165, 1.54) is 0 Å². The molecule has 4 nitrogen and oxygen atoms in total. The summed E-state index contributed by atoms with van der Waals surface area (Å²) in [6, 6.07) is 14.2. The van der Waals surface area contributed by atoms with Crippen LogP contribution in [-0.4, -0.2) is 20.2 Å². The maximum absolute atomic E-state index is 9.81. The van der Waals surface area contributed by atoms with Gasteiger partial charge in [0.1, 0.15) is 11.5 Å². The topological polar surface area (TPSA) is 66.2 Å². The van der Waals surface area contributed by atoms with Crippen molar-refractivity contribution in [3.8, 4) is 11.5 Å². The van der Waals surface area contributed by atoms with Crippen LogP contribution in [0.15, 0.2) is 60.9 Å². The number of phenolic OH excluding ortho intramolecular Hbond substituents is 2. The number of hydrogen-bond donors (Lipinski definition) is 2. The highest BCUT2D eigenvalue weighted by molar-refractivity contribution is 5.78. The van der Waals surface area contributed by atoms with Gasteiger partial charge in [-0.25, -0.2) is 0 Å². The highest BCUT2D eigenvalue weighted by Gasteiger charge is 2.01.